The number of anilines is 2. The molecule has 22 heavy (non-hydrogen) atoms. The summed E-state index contributed by atoms with van der Waals surface area (Å²) in [6.45, 7) is 4.05. The van der Waals surface area contributed by atoms with E-state index in [1.165, 1.54) is 0 Å². The predicted octanol–water partition coefficient (Wildman–Crippen LogP) is 3.09. The molecule has 2 heterocycles. The van der Waals surface area contributed by atoms with Crippen LogP contribution in [0, 0.1) is 0 Å². The Morgan fingerprint density at radius 2 is 1.95 bits per heavy atom. The fourth-order valence-corrected chi connectivity index (χ4v) is 2.51. The van der Waals surface area contributed by atoms with Gasteiger partial charge in [-0.05, 0) is 19.9 Å². The molecule has 3 aromatic rings. The second-order valence-electron chi connectivity index (χ2n) is 5.38. The molecule has 0 aliphatic rings. The number of benzene rings is 1. The Morgan fingerprint density at radius 3 is 2.64 bits per heavy atom. The van der Waals surface area contributed by atoms with Crippen LogP contribution in [0.15, 0.2) is 24.3 Å². The summed E-state index contributed by atoms with van der Waals surface area (Å²) in [6.07, 6.45) is 0. The highest BCUT2D eigenvalue weighted by Crippen LogP contribution is 2.34. The van der Waals surface area contributed by atoms with Crippen LogP contribution in [0.4, 0.5) is 11.8 Å². The summed E-state index contributed by atoms with van der Waals surface area (Å²) in [6, 6.07) is 7.74. The van der Waals surface area contributed by atoms with Crippen molar-refractivity contribution in [3.63, 3.8) is 0 Å². The largest absolute Gasteiger partial charge is 0.383 e. The van der Waals surface area contributed by atoms with Crippen LogP contribution < -0.4 is 11.1 Å². The first-order valence-electron chi connectivity index (χ1n) is 6.99. The normalized spacial score (nSPS) is 11.3. The Balaban J connectivity index is 2.32. The minimum atomic E-state index is 0.206. The van der Waals surface area contributed by atoms with Crippen LogP contribution in [0.25, 0.3) is 22.3 Å². The van der Waals surface area contributed by atoms with Crippen molar-refractivity contribution in [3.8, 4) is 11.3 Å². The van der Waals surface area contributed by atoms with Crippen LogP contribution in [0.5, 0.6) is 0 Å². The number of nitrogens with one attached hydrogen (secondary N) is 1. The van der Waals surface area contributed by atoms with E-state index in [2.05, 4.69) is 20.4 Å². The summed E-state index contributed by atoms with van der Waals surface area (Å²) in [5, 5.41) is 8.88. The van der Waals surface area contributed by atoms with Gasteiger partial charge in [-0.3, -0.25) is 4.68 Å². The third-order valence-electron chi connectivity index (χ3n) is 3.29. The number of hydrogen-bond acceptors (Lipinski definition) is 5. The lowest BCUT2D eigenvalue weighted by Crippen LogP contribution is -2.13. The van der Waals surface area contributed by atoms with Crippen molar-refractivity contribution in [2.45, 2.75) is 19.9 Å². The molecule has 0 saturated carbocycles. The minimum Gasteiger partial charge on any atom is -0.383 e. The molecule has 1 aromatic carbocycles. The van der Waals surface area contributed by atoms with Crippen molar-refractivity contribution in [3.05, 3.63) is 29.3 Å². The van der Waals surface area contributed by atoms with Gasteiger partial charge in [-0.25, -0.2) is 4.98 Å². The molecule has 0 fully saturated rings. The number of nitrogen functional groups attached to an aromatic ring is 1. The second kappa shape index (κ2) is 5.46. The highest BCUT2D eigenvalue weighted by Gasteiger charge is 2.18. The van der Waals surface area contributed by atoms with Gasteiger partial charge in [0.15, 0.2) is 5.65 Å². The van der Waals surface area contributed by atoms with Gasteiger partial charge in [-0.15, -0.1) is 0 Å². The van der Waals surface area contributed by atoms with Crippen LogP contribution in [-0.4, -0.2) is 25.8 Å². The molecular formula is C15H17ClN6. The van der Waals surface area contributed by atoms with E-state index in [0.29, 0.717) is 33.5 Å². The number of fused-ring (bicyclic) bond motifs is 1. The average Bonchev–Trinajstić information content (AvgIpc) is 2.73. The van der Waals surface area contributed by atoms with Crippen molar-refractivity contribution < 1.29 is 0 Å². The van der Waals surface area contributed by atoms with Gasteiger partial charge in [0.1, 0.15) is 5.82 Å². The molecule has 0 radical (unpaired) electrons. The molecule has 3 rings (SSSR count). The van der Waals surface area contributed by atoms with Crippen molar-refractivity contribution in [2.75, 3.05) is 11.1 Å². The first kappa shape index (κ1) is 14.6. The molecule has 0 unspecified atom stereocenters. The Hall–Kier alpha value is -2.34. The molecule has 0 aliphatic heterocycles. The lowest BCUT2D eigenvalue weighted by molar-refractivity contribution is 0.786. The van der Waals surface area contributed by atoms with E-state index in [1.807, 2.05) is 38.1 Å². The van der Waals surface area contributed by atoms with E-state index in [9.17, 15) is 0 Å². The molecule has 6 nitrogen and oxygen atoms in total. The van der Waals surface area contributed by atoms with Crippen molar-refractivity contribution in [1.29, 1.82) is 0 Å². The molecule has 0 saturated heterocycles. The molecule has 0 bridgehead atoms. The standard InChI is InChI=1S/C15H17ClN6/c1-8(2)18-15-19-12(9-6-4-5-7-10(9)16)11-13(17)22(3)21-14(11)20-15/h4-8H,17H2,1-3H3,(H,18,20,21). The van der Waals surface area contributed by atoms with E-state index in [1.54, 1.807) is 11.7 Å². The third-order valence-corrected chi connectivity index (χ3v) is 3.62. The highest BCUT2D eigenvalue weighted by molar-refractivity contribution is 6.33. The maximum Gasteiger partial charge on any atom is 0.225 e. The Labute approximate surface area is 133 Å². The molecule has 0 amide bonds. The van der Waals surface area contributed by atoms with Gasteiger partial charge < -0.3 is 11.1 Å². The number of rotatable bonds is 3. The topological polar surface area (TPSA) is 81.6 Å². The molecule has 114 valence electrons. The smallest absolute Gasteiger partial charge is 0.225 e. The van der Waals surface area contributed by atoms with Crippen LogP contribution >= 0.6 is 11.6 Å². The van der Waals surface area contributed by atoms with Crippen molar-refractivity contribution >= 4 is 34.4 Å². The Kier molecular flexibility index (Phi) is 3.62. The quantitative estimate of drug-likeness (QED) is 0.776. The van der Waals surface area contributed by atoms with Gasteiger partial charge in [0.05, 0.1) is 11.1 Å². The Bertz CT molecular complexity index is 839. The van der Waals surface area contributed by atoms with E-state index < -0.39 is 0 Å². The summed E-state index contributed by atoms with van der Waals surface area (Å²) in [5.41, 5.74) is 8.18. The molecule has 2 aromatic heterocycles. The van der Waals surface area contributed by atoms with Crippen LogP contribution in [-0.2, 0) is 7.05 Å². The number of aryl methyl sites for hydroxylation is 1. The summed E-state index contributed by atoms with van der Waals surface area (Å²) in [4.78, 5) is 9.04. The van der Waals surface area contributed by atoms with E-state index >= 15 is 0 Å². The fraction of sp³-hybridized carbons (Fsp3) is 0.267. The summed E-state index contributed by atoms with van der Waals surface area (Å²) in [7, 11) is 1.78. The first-order chi connectivity index (χ1) is 10.5. The van der Waals surface area contributed by atoms with Crippen LogP contribution in [0.1, 0.15) is 13.8 Å². The summed E-state index contributed by atoms with van der Waals surface area (Å²) in [5.74, 6) is 1.02. The SMILES string of the molecule is CC(C)Nc1nc(-c2ccccc2Cl)c2c(N)n(C)nc2n1. The van der Waals surface area contributed by atoms with Crippen molar-refractivity contribution in [2.24, 2.45) is 7.05 Å². The Morgan fingerprint density at radius 1 is 1.23 bits per heavy atom. The number of nitrogens with zero attached hydrogens (tertiary/aromatic N) is 4. The fourth-order valence-electron chi connectivity index (χ4n) is 2.29. The van der Waals surface area contributed by atoms with Gasteiger partial charge in [0.2, 0.25) is 5.95 Å². The number of hydrogen-bond donors (Lipinski definition) is 2. The van der Waals surface area contributed by atoms with E-state index in [0.717, 1.165) is 5.56 Å². The zero-order valence-corrected chi connectivity index (χ0v) is 13.4. The molecule has 0 spiro atoms. The molecule has 7 heteroatoms. The third kappa shape index (κ3) is 2.46. The van der Waals surface area contributed by atoms with Gasteiger partial charge in [0.25, 0.3) is 0 Å². The zero-order valence-electron chi connectivity index (χ0n) is 12.6. The maximum atomic E-state index is 6.33. The van der Waals surface area contributed by atoms with Crippen LogP contribution in [0.2, 0.25) is 5.02 Å². The van der Waals surface area contributed by atoms with Gasteiger partial charge in [0, 0.05) is 23.7 Å². The van der Waals surface area contributed by atoms with Gasteiger partial charge >= 0.3 is 0 Å². The molecule has 3 N–H and O–H groups in total. The average molecular weight is 317 g/mol. The molecule has 0 aliphatic carbocycles. The van der Waals surface area contributed by atoms with E-state index in [4.69, 9.17) is 17.3 Å². The second-order valence-corrected chi connectivity index (χ2v) is 5.79. The maximum absolute atomic E-state index is 6.33. The van der Waals surface area contributed by atoms with E-state index in [-0.39, 0.29) is 6.04 Å². The summed E-state index contributed by atoms with van der Waals surface area (Å²) < 4.78 is 1.60. The predicted molar refractivity (Wildman–Crippen MR) is 89.9 cm³/mol. The lowest BCUT2D eigenvalue weighted by atomic mass is 10.1. The minimum absolute atomic E-state index is 0.206. The zero-order chi connectivity index (χ0) is 15.9. The number of aromatic nitrogens is 4. The molecular weight excluding hydrogens is 300 g/mol. The molecule has 0 atom stereocenters. The highest BCUT2D eigenvalue weighted by atomic mass is 35.5. The van der Waals surface area contributed by atoms with Gasteiger partial charge in [-0.1, -0.05) is 29.8 Å². The van der Waals surface area contributed by atoms with Crippen molar-refractivity contribution in [1.82, 2.24) is 19.7 Å². The monoisotopic (exact) mass is 316 g/mol. The first-order valence-corrected chi connectivity index (χ1v) is 7.37. The lowest BCUT2D eigenvalue weighted by Gasteiger charge is -2.11. The number of nitrogens with two attached hydrogens (primary N) is 1. The summed E-state index contributed by atoms with van der Waals surface area (Å²) >= 11 is 6.33. The van der Waals surface area contributed by atoms with Gasteiger partial charge in [-0.2, -0.15) is 10.1 Å². The number of halogens is 1. The van der Waals surface area contributed by atoms with Crippen LogP contribution in [0.3, 0.4) is 0 Å².